The molecule has 0 atom stereocenters. The van der Waals surface area contributed by atoms with Gasteiger partial charge in [0.1, 0.15) is 6.26 Å². The summed E-state index contributed by atoms with van der Waals surface area (Å²) in [5.41, 5.74) is 0.616. The second-order valence-corrected chi connectivity index (χ2v) is 5.51. The topological polar surface area (TPSA) is 41.3 Å². The summed E-state index contributed by atoms with van der Waals surface area (Å²) in [6.45, 7) is 6.40. The predicted octanol–water partition coefficient (Wildman–Crippen LogP) is 2.95. The highest BCUT2D eigenvalue weighted by Crippen LogP contribution is 2.21. The van der Waals surface area contributed by atoms with E-state index in [0.717, 1.165) is 0 Å². The Bertz CT molecular complexity index is 396. The van der Waals surface area contributed by atoms with E-state index >= 15 is 0 Å². The second-order valence-electron chi connectivity index (χ2n) is 5.51. The van der Waals surface area contributed by atoms with Gasteiger partial charge in [-0.25, -0.2) is 0 Å². The summed E-state index contributed by atoms with van der Waals surface area (Å²) >= 11 is 0. The molecule has 110 valence electrons. The van der Waals surface area contributed by atoms with E-state index in [1.54, 1.807) is 0 Å². The second kappa shape index (κ2) is 5.81. The third kappa shape index (κ3) is 6.47. The van der Waals surface area contributed by atoms with E-state index in [4.69, 9.17) is 4.42 Å². The third-order valence-corrected chi connectivity index (χ3v) is 2.40. The molecule has 1 aromatic rings. The van der Waals surface area contributed by atoms with Crippen LogP contribution in [0.3, 0.4) is 0 Å². The first-order chi connectivity index (χ1) is 8.57. The Morgan fingerprint density at radius 1 is 1.32 bits per heavy atom. The van der Waals surface area contributed by atoms with Gasteiger partial charge in [0.2, 0.25) is 0 Å². The fourth-order valence-corrected chi connectivity index (χ4v) is 1.30. The fourth-order valence-electron chi connectivity index (χ4n) is 1.30. The molecule has 0 aliphatic carbocycles. The molecular weight excluding hydrogens is 259 g/mol. The molecule has 7 heteroatoms. The minimum absolute atomic E-state index is 0.0543. The van der Waals surface area contributed by atoms with Crippen molar-refractivity contribution in [3.8, 4) is 0 Å². The first-order valence-electron chi connectivity index (χ1n) is 6.04. The summed E-state index contributed by atoms with van der Waals surface area (Å²) in [7, 11) is 1.53. The molecule has 0 saturated heterocycles. The summed E-state index contributed by atoms with van der Waals surface area (Å²) < 4.78 is 41.5. The van der Waals surface area contributed by atoms with Crippen LogP contribution in [-0.4, -0.2) is 30.3 Å². The van der Waals surface area contributed by atoms with Gasteiger partial charge in [-0.2, -0.15) is 18.2 Å². The molecule has 0 aromatic carbocycles. The van der Waals surface area contributed by atoms with Crippen molar-refractivity contribution in [2.24, 2.45) is 0 Å². The largest absolute Gasteiger partial charge is 0.432 e. The molecule has 1 aromatic heterocycles. The van der Waals surface area contributed by atoms with Crippen molar-refractivity contribution in [2.45, 2.75) is 45.5 Å². The molecule has 0 saturated carbocycles. The maximum atomic E-state index is 12.1. The maximum Gasteiger partial charge on any atom is 0.390 e. The van der Waals surface area contributed by atoms with E-state index < -0.39 is 12.6 Å². The van der Waals surface area contributed by atoms with E-state index in [9.17, 15) is 13.2 Å². The normalized spacial score (nSPS) is 12.8. The summed E-state index contributed by atoms with van der Waals surface area (Å²) in [6.07, 6.45) is -3.60. The van der Waals surface area contributed by atoms with Crippen LogP contribution in [-0.2, 0) is 6.54 Å². The van der Waals surface area contributed by atoms with E-state index in [-0.39, 0.29) is 18.1 Å². The van der Waals surface area contributed by atoms with Gasteiger partial charge in [-0.1, -0.05) is 0 Å². The SMILES string of the molecule is CN(CCC(F)(F)F)c1nc(CNC(C)(C)C)co1. The Morgan fingerprint density at radius 3 is 2.47 bits per heavy atom. The molecule has 4 nitrogen and oxygen atoms in total. The zero-order valence-electron chi connectivity index (χ0n) is 11.6. The van der Waals surface area contributed by atoms with Crippen LogP contribution in [0.5, 0.6) is 0 Å². The summed E-state index contributed by atoms with van der Waals surface area (Å²) in [6, 6.07) is 0.204. The monoisotopic (exact) mass is 279 g/mol. The lowest BCUT2D eigenvalue weighted by Gasteiger charge is -2.19. The lowest BCUT2D eigenvalue weighted by atomic mass is 10.1. The van der Waals surface area contributed by atoms with Crippen LogP contribution in [0, 0.1) is 0 Å². The number of hydrogen-bond acceptors (Lipinski definition) is 4. The van der Waals surface area contributed by atoms with Crippen molar-refractivity contribution in [3.63, 3.8) is 0 Å². The van der Waals surface area contributed by atoms with Gasteiger partial charge in [0.25, 0.3) is 6.01 Å². The number of alkyl halides is 3. The average Bonchev–Trinajstić information content (AvgIpc) is 2.69. The molecule has 0 aliphatic heterocycles. The molecule has 1 N–H and O–H groups in total. The lowest BCUT2D eigenvalue weighted by molar-refractivity contribution is -0.132. The summed E-state index contributed by atoms with van der Waals surface area (Å²) in [4.78, 5) is 5.50. The first kappa shape index (κ1) is 15.8. The van der Waals surface area contributed by atoms with Gasteiger partial charge in [-0.05, 0) is 20.8 Å². The van der Waals surface area contributed by atoms with Crippen LogP contribution < -0.4 is 10.2 Å². The number of aromatic nitrogens is 1. The zero-order chi connectivity index (χ0) is 14.7. The first-order valence-corrected chi connectivity index (χ1v) is 6.04. The Balaban J connectivity index is 2.49. The van der Waals surface area contributed by atoms with Crippen molar-refractivity contribution in [1.82, 2.24) is 10.3 Å². The Morgan fingerprint density at radius 2 is 1.95 bits per heavy atom. The van der Waals surface area contributed by atoms with Crippen molar-refractivity contribution in [1.29, 1.82) is 0 Å². The number of nitrogens with zero attached hydrogens (tertiary/aromatic N) is 2. The van der Waals surface area contributed by atoms with E-state index in [1.807, 2.05) is 20.8 Å². The number of rotatable bonds is 5. The molecule has 0 amide bonds. The highest BCUT2D eigenvalue weighted by atomic mass is 19.4. The van der Waals surface area contributed by atoms with E-state index in [2.05, 4.69) is 10.3 Å². The molecule has 0 spiro atoms. The molecule has 1 rings (SSSR count). The van der Waals surface area contributed by atoms with Crippen LogP contribution in [0.2, 0.25) is 0 Å². The van der Waals surface area contributed by atoms with Crippen molar-refractivity contribution < 1.29 is 17.6 Å². The number of hydrogen-bond donors (Lipinski definition) is 1. The minimum Gasteiger partial charge on any atom is -0.432 e. The minimum atomic E-state index is -4.17. The van der Waals surface area contributed by atoms with E-state index in [1.165, 1.54) is 18.2 Å². The molecule has 1 heterocycles. The predicted molar refractivity (Wildman–Crippen MR) is 67.0 cm³/mol. The van der Waals surface area contributed by atoms with Gasteiger partial charge >= 0.3 is 6.18 Å². The summed E-state index contributed by atoms with van der Waals surface area (Å²) in [5.74, 6) is 0. The Labute approximate surface area is 111 Å². The fraction of sp³-hybridized carbons (Fsp3) is 0.750. The van der Waals surface area contributed by atoms with Gasteiger partial charge in [-0.15, -0.1) is 0 Å². The van der Waals surface area contributed by atoms with Gasteiger partial charge in [0.15, 0.2) is 0 Å². The number of oxazole rings is 1. The van der Waals surface area contributed by atoms with Crippen molar-refractivity contribution in [3.05, 3.63) is 12.0 Å². The molecular formula is C12H20F3N3O. The zero-order valence-corrected chi connectivity index (χ0v) is 11.6. The smallest absolute Gasteiger partial charge is 0.390 e. The maximum absolute atomic E-state index is 12.1. The molecule has 0 radical (unpaired) electrons. The van der Waals surface area contributed by atoms with Crippen LogP contribution in [0.15, 0.2) is 10.7 Å². The van der Waals surface area contributed by atoms with Gasteiger partial charge < -0.3 is 14.6 Å². The lowest BCUT2D eigenvalue weighted by Crippen LogP contribution is -2.35. The molecule has 0 aliphatic rings. The van der Waals surface area contributed by atoms with Crippen molar-refractivity contribution in [2.75, 3.05) is 18.5 Å². The third-order valence-electron chi connectivity index (χ3n) is 2.40. The van der Waals surface area contributed by atoms with Gasteiger partial charge in [0.05, 0.1) is 12.1 Å². The standard InChI is InChI=1S/C12H20F3N3O/c1-11(2,3)16-7-9-8-19-10(17-9)18(4)6-5-12(13,14)15/h8,16H,5-7H2,1-4H3. The highest BCUT2D eigenvalue weighted by Gasteiger charge is 2.27. The number of anilines is 1. The van der Waals surface area contributed by atoms with Gasteiger partial charge in [0, 0.05) is 25.7 Å². The number of nitrogens with one attached hydrogen (secondary N) is 1. The highest BCUT2D eigenvalue weighted by molar-refractivity contribution is 5.25. The Kier molecular flexibility index (Phi) is 4.84. The van der Waals surface area contributed by atoms with Gasteiger partial charge in [-0.3, -0.25) is 0 Å². The van der Waals surface area contributed by atoms with E-state index in [0.29, 0.717) is 12.2 Å². The van der Waals surface area contributed by atoms with Crippen LogP contribution in [0.4, 0.5) is 19.2 Å². The quantitative estimate of drug-likeness (QED) is 0.899. The molecule has 0 bridgehead atoms. The summed E-state index contributed by atoms with van der Waals surface area (Å²) in [5, 5.41) is 3.23. The Hall–Kier alpha value is -1.24. The molecule has 0 unspecified atom stereocenters. The van der Waals surface area contributed by atoms with Crippen LogP contribution >= 0.6 is 0 Å². The van der Waals surface area contributed by atoms with Crippen molar-refractivity contribution >= 4 is 6.01 Å². The van der Waals surface area contributed by atoms with Crippen LogP contribution in [0.25, 0.3) is 0 Å². The average molecular weight is 279 g/mol. The molecule has 19 heavy (non-hydrogen) atoms. The molecule has 0 fully saturated rings. The number of halogens is 3. The van der Waals surface area contributed by atoms with Crippen LogP contribution in [0.1, 0.15) is 32.9 Å².